The minimum atomic E-state index is -0.198. The van der Waals surface area contributed by atoms with Gasteiger partial charge in [0.05, 0.1) is 11.1 Å². The summed E-state index contributed by atoms with van der Waals surface area (Å²) in [5, 5.41) is 0. The van der Waals surface area contributed by atoms with Crippen molar-refractivity contribution in [2.75, 3.05) is 7.05 Å². The molecule has 0 saturated heterocycles. The highest BCUT2D eigenvalue weighted by Crippen LogP contribution is 2.36. The van der Waals surface area contributed by atoms with Crippen LogP contribution in [0.5, 0.6) is 0 Å². The first kappa shape index (κ1) is 13.7. The second-order valence-corrected chi connectivity index (χ2v) is 7.49. The first-order chi connectivity index (χ1) is 7.37. The number of rotatable bonds is 0. The maximum absolute atomic E-state index is 11.9. The molecule has 0 radical (unpaired) electrons. The summed E-state index contributed by atoms with van der Waals surface area (Å²) < 4.78 is 3.83. The minimum absolute atomic E-state index is 0.198. The van der Waals surface area contributed by atoms with Crippen LogP contribution in [0.25, 0.3) is 0 Å². The summed E-state index contributed by atoms with van der Waals surface area (Å²) in [7, 11) is 1.52. The molecule has 0 unspecified atom stereocenters. The van der Waals surface area contributed by atoms with Crippen LogP contribution in [0.15, 0.2) is 0 Å². The summed E-state index contributed by atoms with van der Waals surface area (Å²) in [6, 6.07) is 0. The first-order valence-corrected chi connectivity index (χ1v) is 8.37. The van der Waals surface area contributed by atoms with E-state index in [1.165, 1.54) is 11.9 Å². The standard InChI is InChI=1S/C9H3I4NO2/c1-14-8(15)2-3(9(14)16)5(11)7(13)6(12)4(2)10/h1H3. The fourth-order valence-electron chi connectivity index (χ4n) is 1.46. The molecule has 2 amide bonds. The lowest BCUT2D eigenvalue weighted by Gasteiger charge is -2.07. The van der Waals surface area contributed by atoms with Crippen molar-refractivity contribution in [3.05, 3.63) is 25.4 Å². The third-order valence-corrected chi connectivity index (χ3v) is 9.72. The van der Waals surface area contributed by atoms with E-state index < -0.39 is 0 Å². The SMILES string of the molecule is CN1C(=O)c2c(I)c(I)c(I)c(I)c2C1=O. The Balaban J connectivity index is 2.91. The van der Waals surface area contributed by atoms with Gasteiger partial charge in [0, 0.05) is 21.3 Å². The second kappa shape index (κ2) is 4.75. The molecule has 1 heterocycles. The van der Waals surface area contributed by atoms with Crippen molar-refractivity contribution < 1.29 is 9.59 Å². The molecule has 1 aliphatic rings. The molecule has 0 aliphatic carbocycles. The Bertz CT molecular complexity index is 494. The van der Waals surface area contributed by atoms with Gasteiger partial charge < -0.3 is 0 Å². The number of nitrogens with zero attached hydrogens (tertiary/aromatic N) is 1. The van der Waals surface area contributed by atoms with Crippen LogP contribution in [0.3, 0.4) is 0 Å². The maximum atomic E-state index is 11.9. The van der Waals surface area contributed by atoms with Crippen molar-refractivity contribution in [1.82, 2.24) is 4.90 Å². The summed E-state index contributed by atoms with van der Waals surface area (Å²) >= 11 is 8.69. The number of imide groups is 1. The predicted molar refractivity (Wildman–Crippen MR) is 93.7 cm³/mol. The number of halogens is 4. The molecule has 1 aromatic rings. The Labute approximate surface area is 147 Å². The smallest absolute Gasteiger partial charge is 0.262 e. The van der Waals surface area contributed by atoms with Crippen LogP contribution in [-0.2, 0) is 0 Å². The molecule has 0 fully saturated rings. The highest BCUT2D eigenvalue weighted by molar-refractivity contribution is 14.1. The second-order valence-electron chi connectivity index (χ2n) is 3.18. The van der Waals surface area contributed by atoms with E-state index >= 15 is 0 Å². The van der Waals surface area contributed by atoms with Crippen LogP contribution in [-0.4, -0.2) is 23.8 Å². The lowest BCUT2D eigenvalue weighted by atomic mass is 10.1. The number of hydrogen-bond donors (Lipinski definition) is 0. The zero-order chi connectivity index (χ0) is 12.2. The van der Waals surface area contributed by atoms with E-state index in [0.717, 1.165) is 14.3 Å². The zero-order valence-electron chi connectivity index (χ0n) is 7.78. The van der Waals surface area contributed by atoms with Crippen molar-refractivity contribution >= 4 is 102 Å². The topological polar surface area (TPSA) is 37.4 Å². The fourth-order valence-corrected chi connectivity index (χ4v) is 5.11. The van der Waals surface area contributed by atoms with Crippen LogP contribution in [0.4, 0.5) is 0 Å². The van der Waals surface area contributed by atoms with E-state index in [1.54, 1.807) is 0 Å². The van der Waals surface area contributed by atoms with Gasteiger partial charge in [-0.2, -0.15) is 0 Å². The van der Waals surface area contributed by atoms with Crippen LogP contribution in [0, 0.1) is 14.3 Å². The molecule has 1 aliphatic heterocycles. The molecule has 7 heteroatoms. The summed E-state index contributed by atoms with van der Waals surface area (Å²) in [6.45, 7) is 0. The van der Waals surface area contributed by atoms with Crippen molar-refractivity contribution in [3.8, 4) is 0 Å². The van der Waals surface area contributed by atoms with Crippen LogP contribution in [0.2, 0.25) is 0 Å². The van der Waals surface area contributed by atoms with E-state index in [2.05, 4.69) is 90.4 Å². The van der Waals surface area contributed by atoms with Gasteiger partial charge in [0.25, 0.3) is 11.8 Å². The third-order valence-electron chi connectivity index (χ3n) is 2.30. The molecule has 0 atom stereocenters. The Kier molecular flexibility index (Phi) is 4.07. The van der Waals surface area contributed by atoms with Gasteiger partial charge in [-0.15, -0.1) is 0 Å². The van der Waals surface area contributed by atoms with Gasteiger partial charge in [0.1, 0.15) is 0 Å². The normalized spacial score (nSPS) is 14.7. The van der Waals surface area contributed by atoms with E-state index in [0.29, 0.717) is 11.1 Å². The van der Waals surface area contributed by atoms with Crippen LogP contribution >= 0.6 is 90.4 Å². The number of amides is 2. The van der Waals surface area contributed by atoms with Crippen molar-refractivity contribution in [3.63, 3.8) is 0 Å². The summed E-state index contributed by atoms with van der Waals surface area (Å²) in [5.41, 5.74) is 1.12. The van der Waals surface area contributed by atoms with E-state index in [-0.39, 0.29) is 11.8 Å². The molecule has 2 rings (SSSR count). The Morgan fingerprint density at radius 1 is 0.750 bits per heavy atom. The summed E-state index contributed by atoms with van der Waals surface area (Å²) in [5.74, 6) is -0.395. The number of hydrogen-bond acceptors (Lipinski definition) is 2. The maximum Gasteiger partial charge on any atom is 0.262 e. The molecule has 1 aromatic carbocycles. The van der Waals surface area contributed by atoms with Crippen molar-refractivity contribution in [2.45, 2.75) is 0 Å². The highest BCUT2D eigenvalue weighted by Gasteiger charge is 2.38. The molecule has 0 N–H and O–H groups in total. The fraction of sp³-hybridized carbons (Fsp3) is 0.111. The van der Waals surface area contributed by atoms with Crippen molar-refractivity contribution in [1.29, 1.82) is 0 Å². The van der Waals surface area contributed by atoms with Gasteiger partial charge in [-0.1, -0.05) is 0 Å². The molecule has 16 heavy (non-hydrogen) atoms. The van der Waals surface area contributed by atoms with Crippen molar-refractivity contribution in [2.24, 2.45) is 0 Å². The van der Waals surface area contributed by atoms with Gasteiger partial charge in [0.15, 0.2) is 0 Å². The highest BCUT2D eigenvalue weighted by atomic mass is 127. The molecular weight excluding hydrogens is 662 g/mol. The molecular formula is C9H3I4NO2. The van der Waals surface area contributed by atoms with Gasteiger partial charge in [0.2, 0.25) is 0 Å². The third kappa shape index (κ3) is 1.83. The molecule has 84 valence electrons. The van der Waals surface area contributed by atoms with E-state index in [9.17, 15) is 9.59 Å². The zero-order valence-corrected chi connectivity index (χ0v) is 16.4. The number of benzene rings is 1. The average molecular weight is 665 g/mol. The van der Waals surface area contributed by atoms with Gasteiger partial charge in [-0.25, -0.2) is 0 Å². The summed E-state index contributed by atoms with van der Waals surface area (Å²) in [6.07, 6.45) is 0. The van der Waals surface area contributed by atoms with Gasteiger partial charge in [-0.05, 0) is 90.4 Å². The van der Waals surface area contributed by atoms with Gasteiger partial charge in [-0.3, -0.25) is 14.5 Å². The lowest BCUT2D eigenvalue weighted by molar-refractivity contribution is 0.0692. The molecule has 0 aromatic heterocycles. The number of carbonyl (C=O) groups excluding carboxylic acids is 2. The molecule has 0 bridgehead atoms. The molecule has 0 spiro atoms. The Morgan fingerprint density at radius 2 is 1.06 bits per heavy atom. The van der Waals surface area contributed by atoms with E-state index in [1.807, 2.05) is 0 Å². The van der Waals surface area contributed by atoms with E-state index in [4.69, 9.17) is 0 Å². The quantitative estimate of drug-likeness (QED) is 0.185. The predicted octanol–water partition coefficient (Wildman–Crippen LogP) is 3.33. The monoisotopic (exact) mass is 665 g/mol. The minimum Gasteiger partial charge on any atom is -0.277 e. The number of fused-ring (bicyclic) bond motifs is 1. The number of carbonyl (C=O) groups is 2. The Morgan fingerprint density at radius 3 is 1.38 bits per heavy atom. The van der Waals surface area contributed by atoms with Crippen LogP contribution < -0.4 is 0 Å². The Hall–Kier alpha value is 1.28. The van der Waals surface area contributed by atoms with Crippen LogP contribution in [0.1, 0.15) is 20.7 Å². The average Bonchev–Trinajstić information content (AvgIpc) is 2.48. The van der Waals surface area contributed by atoms with Gasteiger partial charge >= 0.3 is 0 Å². The largest absolute Gasteiger partial charge is 0.277 e. The molecule has 0 saturated carbocycles. The lowest BCUT2D eigenvalue weighted by Crippen LogP contribution is -2.24. The summed E-state index contributed by atoms with van der Waals surface area (Å²) in [4.78, 5) is 25.1. The first-order valence-electron chi connectivity index (χ1n) is 4.06. The molecule has 3 nitrogen and oxygen atoms in total.